The van der Waals surface area contributed by atoms with Crippen molar-refractivity contribution in [3.8, 4) is 17.2 Å². The number of carbonyl (C=O) groups is 2. The number of fused-ring (bicyclic) bond motifs is 1. The Labute approximate surface area is 184 Å². The van der Waals surface area contributed by atoms with Crippen molar-refractivity contribution in [3.63, 3.8) is 0 Å². The second-order valence-corrected chi connectivity index (χ2v) is 8.01. The number of thiophene rings is 1. The highest BCUT2D eigenvalue weighted by atomic mass is 32.1. The van der Waals surface area contributed by atoms with Crippen LogP contribution in [0.25, 0.3) is 15.8 Å². The summed E-state index contributed by atoms with van der Waals surface area (Å²) in [6, 6.07) is 12.8. The molecule has 2 aromatic heterocycles. The summed E-state index contributed by atoms with van der Waals surface area (Å²) < 4.78 is 13.4. The molecule has 0 radical (unpaired) electrons. The molecule has 0 N–H and O–H groups in total. The zero-order valence-corrected chi connectivity index (χ0v) is 18.4. The van der Waals surface area contributed by atoms with Gasteiger partial charge in [0.25, 0.3) is 0 Å². The van der Waals surface area contributed by atoms with E-state index < -0.39 is 0 Å². The third-order valence-corrected chi connectivity index (χ3v) is 6.30. The number of rotatable bonds is 8. The van der Waals surface area contributed by atoms with Gasteiger partial charge in [-0.05, 0) is 36.8 Å². The van der Waals surface area contributed by atoms with Crippen LogP contribution in [-0.4, -0.2) is 35.6 Å². The number of aryl methyl sites for hydroxylation is 1. The van der Waals surface area contributed by atoms with Crippen molar-refractivity contribution in [2.75, 3.05) is 14.2 Å². The molecule has 0 aliphatic rings. The zero-order chi connectivity index (χ0) is 22.0. The van der Waals surface area contributed by atoms with Crippen molar-refractivity contribution >= 4 is 33.0 Å². The molecule has 0 spiro atoms. The molecule has 2 heterocycles. The monoisotopic (exact) mass is 434 g/mol. The topological polar surface area (TPSA) is 70.4 Å². The van der Waals surface area contributed by atoms with Crippen LogP contribution in [0.1, 0.15) is 39.3 Å². The Bertz CT molecular complexity index is 1270. The molecule has 0 aliphatic carbocycles. The molecular weight excluding hydrogens is 412 g/mol. The molecule has 6 nitrogen and oxygen atoms in total. The third kappa shape index (κ3) is 4.09. The smallest absolute Gasteiger partial charge is 0.183 e. The van der Waals surface area contributed by atoms with Crippen LogP contribution in [0.5, 0.6) is 11.5 Å². The highest BCUT2D eigenvalue weighted by Crippen LogP contribution is 2.31. The standard InChI is InChI=1S/C24H22N2O4S/c1-15-5-4-6-17-19(14-31-24(15)17)26-12-11-18(25-26)21(28)9-8-20(27)16-7-10-22(29-2)23(13-16)30-3/h4-7,10-14H,8-9H2,1-3H3. The van der Waals surface area contributed by atoms with Crippen molar-refractivity contribution < 1.29 is 19.1 Å². The van der Waals surface area contributed by atoms with Crippen molar-refractivity contribution in [2.45, 2.75) is 19.8 Å². The normalized spacial score (nSPS) is 10.9. The lowest BCUT2D eigenvalue weighted by Crippen LogP contribution is -2.07. The number of Topliss-reactive ketones (excluding diaryl/α,β-unsaturated/α-hetero) is 2. The first-order valence-corrected chi connectivity index (χ1v) is 10.7. The number of aromatic nitrogens is 2. The summed E-state index contributed by atoms with van der Waals surface area (Å²) in [6.07, 6.45) is 1.97. The van der Waals surface area contributed by atoms with Crippen LogP contribution in [-0.2, 0) is 0 Å². The van der Waals surface area contributed by atoms with Gasteiger partial charge in [0.05, 0.1) is 19.9 Å². The summed E-state index contributed by atoms with van der Waals surface area (Å²) in [5, 5.41) is 7.61. The van der Waals surface area contributed by atoms with Gasteiger partial charge in [-0.3, -0.25) is 9.59 Å². The molecule has 2 aromatic carbocycles. The maximum Gasteiger partial charge on any atom is 0.183 e. The molecule has 0 fully saturated rings. The van der Waals surface area contributed by atoms with Gasteiger partial charge >= 0.3 is 0 Å². The summed E-state index contributed by atoms with van der Waals surface area (Å²) >= 11 is 1.66. The molecule has 0 bridgehead atoms. The Balaban J connectivity index is 1.46. The number of methoxy groups -OCH3 is 2. The van der Waals surface area contributed by atoms with Crippen LogP contribution in [0, 0.1) is 6.92 Å². The number of nitrogens with zero attached hydrogens (tertiary/aromatic N) is 2. The largest absolute Gasteiger partial charge is 0.493 e. The predicted octanol–water partition coefficient (Wildman–Crippen LogP) is 5.26. The molecule has 0 aliphatic heterocycles. The fraction of sp³-hybridized carbons (Fsp3) is 0.208. The summed E-state index contributed by atoms with van der Waals surface area (Å²) in [4.78, 5) is 25.2. The number of hydrogen-bond acceptors (Lipinski definition) is 6. The first-order valence-electron chi connectivity index (χ1n) is 9.83. The van der Waals surface area contributed by atoms with Gasteiger partial charge in [-0.1, -0.05) is 18.2 Å². The minimum absolute atomic E-state index is 0.0910. The fourth-order valence-electron chi connectivity index (χ4n) is 3.48. The van der Waals surface area contributed by atoms with Gasteiger partial charge in [0, 0.05) is 40.1 Å². The van der Waals surface area contributed by atoms with Gasteiger partial charge in [-0.2, -0.15) is 5.10 Å². The van der Waals surface area contributed by atoms with Crippen LogP contribution >= 0.6 is 11.3 Å². The molecule has 0 atom stereocenters. The number of ether oxygens (including phenoxy) is 2. The molecule has 4 aromatic rings. The molecule has 0 amide bonds. The minimum Gasteiger partial charge on any atom is -0.493 e. The van der Waals surface area contributed by atoms with Crippen LogP contribution in [0.2, 0.25) is 0 Å². The Morgan fingerprint density at radius 3 is 2.55 bits per heavy atom. The maximum absolute atomic E-state index is 12.6. The average molecular weight is 435 g/mol. The fourth-order valence-corrected chi connectivity index (χ4v) is 4.50. The minimum atomic E-state index is -0.164. The Morgan fingerprint density at radius 2 is 1.77 bits per heavy atom. The average Bonchev–Trinajstić information content (AvgIpc) is 3.44. The Morgan fingerprint density at radius 1 is 1.00 bits per heavy atom. The van der Waals surface area contributed by atoms with E-state index in [4.69, 9.17) is 9.47 Å². The van der Waals surface area contributed by atoms with Gasteiger partial charge in [0.2, 0.25) is 0 Å². The van der Waals surface area contributed by atoms with E-state index in [-0.39, 0.29) is 24.4 Å². The number of carbonyl (C=O) groups excluding carboxylic acids is 2. The lowest BCUT2D eigenvalue weighted by molar-refractivity contribution is 0.0914. The van der Waals surface area contributed by atoms with Gasteiger partial charge < -0.3 is 9.47 Å². The second-order valence-electron chi connectivity index (χ2n) is 7.13. The molecule has 4 rings (SSSR count). The van der Waals surface area contributed by atoms with E-state index >= 15 is 0 Å². The third-order valence-electron chi connectivity index (χ3n) is 5.18. The Hall–Kier alpha value is -3.45. The van der Waals surface area contributed by atoms with E-state index in [1.807, 2.05) is 11.4 Å². The summed E-state index contributed by atoms with van der Waals surface area (Å²) in [5.41, 5.74) is 3.00. The van der Waals surface area contributed by atoms with E-state index in [9.17, 15) is 9.59 Å². The molecule has 158 valence electrons. The van der Waals surface area contributed by atoms with E-state index in [0.717, 1.165) is 11.1 Å². The van der Waals surface area contributed by atoms with E-state index in [1.165, 1.54) is 24.5 Å². The molecule has 31 heavy (non-hydrogen) atoms. The number of ketones is 2. The van der Waals surface area contributed by atoms with Gasteiger partial charge in [-0.25, -0.2) is 4.68 Å². The van der Waals surface area contributed by atoms with Crippen LogP contribution in [0.4, 0.5) is 0 Å². The molecule has 0 saturated carbocycles. The lowest BCUT2D eigenvalue weighted by atomic mass is 10.0. The van der Waals surface area contributed by atoms with Gasteiger partial charge in [0.1, 0.15) is 5.69 Å². The van der Waals surface area contributed by atoms with Gasteiger partial charge in [-0.15, -0.1) is 11.3 Å². The van der Waals surface area contributed by atoms with E-state index in [0.29, 0.717) is 22.8 Å². The molecule has 0 saturated heterocycles. The van der Waals surface area contributed by atoms with Crippen molar-refractivity contribution in [2.24, 2.45) is 0 Å². The second kappa shape index (κ2) is 8.73. The first-order chi connectivity index (χ1) is 15.0. The zero-order valence-electron chi connectivity index (χ0n) is 17.5. The predicted molar refractivity (Wildman–Crippen MR) is 121 cm³/mol. The molecule has 7 heteroatoms. The van der Waals surface area contributed by atoms with Gasteiger partial charge in [0.15, 0.2) is 23.1 Å². The number of hydrogen-bond donors (Lipinski definition) is 0. The van der Waals surface area contributed by atoms with Crippen LogP contribution < -0.4 is 9.47 Å². The van der Waals surface area contributed by atoms with Crippen molar-refractivity contribution in [1.29, 1.82) is 0 Å². The first kappa shape index (κ1) is 20.8. The van der Waals surface area contributed by atoms with Crippen molar-refractivity contribution in [3.05, 3.63) is 70.9 Å². The van der Waals surface area contributed by atoms with Crippen LogP contribution in [0.15, 0.2) is 54.0 Å². The van der Waals surface area contributed by atoms with E-state index in [1.54, 1.807) is 46.5 Å². The highest BCUT2D eigenvalue weighted by Gasteiger charge is 2.16. The Kier molecular flexibility index (Phi) is 5.86. The van der Waals surface area contributed by atoms with Crippen LogP contribution in [0.3, 0.4) is 0 Å². The lowest BCUT2D eigenvalue weighted by Gasteiger charge is -2.08. The summed E-state index contributed by atoms with van der Waals surface area (Å²) in [6.45, 7) is 2.08. The highest BCUT2D eigenvalue weighted by molar-refractivity contribution is 7.17. The summed E-state index contributed by atoms with van der Waals surface area (Å²) in [7, 11) is 3.06. The maximum atomic E-state index is 12.6. The molecular formula is C24H22N2O4S. The number of benzene rings is 2. The van der Waals surface area contributed by atoms with E-state index in [2.05, 4.69) is 24.2 Å². The quantitative estimate of drug-likeness (QED) is 0.354. The molecule has 0 unspecified atom stereocenters. The summed E-state index contributed by atoms with van der Waals surface area (Å²) in [5.74, 6) is 0.741. The van der Waals surface area contributed by atoms with Crippen molar-refractivity contribution in [1.82, 2.24) is 9.78 Å². The SMILES string of the molecule is COc1ccc(C(=O)CCC(=O)c2ccn(-c3csc4c(C)cccc34)n2)cc1OC.